The third-order valence-corrected chi connectivity index (χ3v) is 6.37. The summed E-state index contributed by atoms with van der Waals surface area (Å²) in [7, 11) is 0. The lowest BCUT2D eigenvalue weighted by atomic mass is 9.86. The van der Waals surface area contributed by atoms with Gasteiger partial charge in [0.2, 0.25) is 5.91 Å². The number of amides is 2. The van der Waals surface area contributed by atoms with Crippen molar-refractivity contribution in [2.45, 2.75) is 70.2 Å². The number of carbonyl (C=O) groups is 2. The largest absolute Gasteiger partial charge is 0.444 e. The maximum Gasteiger partial charge on any atom is 0.410 e. The number of rotatable bonds is 8. The first-order valence-corrected chi connectivity index (χ1v) is 12.4. The molecular formula is C28H38N2O5. The molecule has 0 aliphatic carbocycles. The van der Waals surface area contributed by atoms with Crippen molar-refractivity contribution in [2.75, 3.05) is 13.2 Å². The molecular weight excluding hydrogens is 444 g/mol. The molecule has 35 heavy (non-hydrogen) atoms. The number of hydrogen-bond acceptors (Lipinski definition) is 5. The van der Waals surface area contributed by atoms with E-state index in [1.165, 1.54) is 10.5 Å². The van der Waals surface area contributed by atoms with Crippen LogP contribution in [0.25, 0.3) is 0 Å². The molecule has 0 bridgehead atoms. The maximum atomic E-state index is 13.4. The number of benzene rings is 2. The van der Waals surface area contributed by atoms with E-state index < -0.39 is 42.4 Å². The van der Waals surface area contributed by atoms with E-state index >= 15 is 0 Å². The summed E-state index contributed by atoms with van der Waals surface area (Å²) < 4.78 is 5.58. The Morgan fingerprint density at radius 2 is 1.71 bits per heavy atom. The first kappa shape index (κ1) is 26.7. The van der Waals surface area contributed by atoms with Gasteiger partial charge in [-0.15, -0.1) is 0 Å². The van der Waals surface area contributed by atoms with E-state index in [4.69, 9.17) is 4.74 Å². The van der Waals surface area contributed by atoms with Gasteiger partial charge in [0, 0.05) is 6.54 Å². The summed E-state index contributed by atoms with van der Waals surface area (Å²) in [6.45, 7) is 5.37. The number of nitrogens with zero attached hydrogens (tertiary/aromatic N) is 1. The van der Waals surface area contributed by atoms with Gasteiger partial charge in [-0.1, -0.05) is 60.7 Å². The lowest BCUT2D eigenvalue weighted by molar-refractivity contribution is -0.130. The molecule has 1 heterocycles. The molecule has 0 radical (unpaired) electrons. The Hall–Kier alpha value is -2.90. The van der Waals surface area contributed by atoms with Gasteiger partial charge in [0.15, 0.2) is 0 Å². The molecule has 2 amide bonds. The van der Waals surface area contributed by atoms with Gasteiger partial charge in [0.05, 0.1) is 12.6 Å². The number of aryl methyl sites for hydroxylation is 1. The number of nitrogens with one attached hydrogen (secondary N) is 1. The van der Waals surface area contributed by atoms with Gasteiger partial charge < -0.3 is 20.3 Å². The molecule has 3 N–H and O–H groups in total. The summed E-state index contributed by atoms with van der Waals surface area (Å²) in [4.78, 5) is 27.9. The highest BCUT2D eigenvalue weighted by molar-refractivity contribution is 5.86. The molecule has 0 aromatic heterocycles. The van der Waals surface area contributed by atoms with Crippen molar-refractivity contribution in [1.82, 2.24) is 10.2 Å². The number of piperidine rings is 1. The van der Waals surface area contributed by atoms with E-state index in [9.17, 15) is 19.8 Å². The van der Waals surface area contributed by atoms with Crippen molar-refractivity contribution < 1.29 is 24.5 Å². The molecule has 2 aromatic carbocycles. The van der Waals surface area contributed by atoms with Gasteiger partial charge in [-0.2, -0.15) is 0 Å². The summed E-state index contributed by atoms with van der Waals surface area (Å²) in [5.41, 5.74) is 1.16. The molecule has 1 saturated heterocycles. The summed E-state index contributed by atoms with van der Waals surface area (Å²) >= 11 is 0. The van der Waals surface area contributed by atoms with Crippen molar-refractivity contribution in [3.05, 3.63) is 71.8 Å². The average molecular weight is 483 g/mol. The lowest BCUT2D eigenvalue weighted by Gasteiger charge is -2.40. The fourth-order valence-corrected chi connectivity index (χ4v) is 4.49. The van der Waals surface area contributed by atoms with E-state index in [1.807, 2.05) is 24.3 Å². The molecule has 1 aliphatic heterocycles. The zero-order chi connectivity index (χ0) is 25.4. The van der Waals surface area contributed by atoms with Crippen LogP contribution < -0.4 is 5.32 Å². The zero-order valence-electron chi connectivity index (χ0n) is 20.9. The number of hydrogen-bond donors (Lipinski definition) is 3. The van der Waals surface area contributed by atoms with E-state index in [-0.39, 0.29) is 5.92 Å². The van der Waals surface area contributed by atoms with E-state index in [1.54, 1.807) is 45.0 Å². The van der Waals surface area contributed by atoms with Crippen LogP contribution in [0.5, 0.6) is 0 Å². The lowest BCUT2D eigenvalue weighted by Crippen LogP contribution is -2.57. The Morgan fingerprint density at radius 3 is 2.31 bits per heavy atom. The van der Waals surface area contributed by atoms with Crippen LogP contribution in [0.4, 0.5) is 4.79 Å². The third kappa shape index (κ3) is 7.80. The van der Waals surface area contributed by atoms with Gasteiger partial charge >= 0.3 is 6.09 Å². The Bertz CT molecular complexity index is 945. The van der Waals surface area contributed by atoms with Crippen LogP contribution in [-0.2, 0) is 16.0 Å². The van der Waals surface area contributed by atoms with Crippen LogP contribution in [0.15, 0.2) is 60.7 Å². The van der Waals surface area contributed by atoms with Crippen LogP contribution in [0.1, 0.15) is 57.3 Å². The van der Waals surface area contributed by atoms with E-state index in [0.717, 1.165) is 19.3 Å². The molecule has 2 unspecified atom stereocenters. The highest BCUT2D eigenvalue weighted by Gasteiger charge is 2.39. The van der Waals surface area contributed by atoms with Crippen LogP contribution in [-0.4, -0.2) is 57.9 Å². The number of ether oxygens (including phenoxy) is 1. The van der Waals surface area contributed by atoms with Crippen molar-refractivity contribution in [3.63, 3.8) is 0 Å². The smallest absolute Gasteiger partial charge is 0.410 e. The van der Waals surface area contributed by atoms with Gasteiger partial charge in [-0.3, -0.25) is 9.69 Å². The van der Waals surface area contributed by atoms with Crippen molar-refractivity contribution in [3.8, 4) is 0 Å². The number of likely N-dealkylation sites (tertiary alicyclic amines) is 1. The molecule has 7 heteroatoms. The minimum absolute atomic E-state index is 0.260. The molecule has 0 spiro atoms. The molecule has 3 rings (SSSR count). The summed E-state index contributed by atoms with van der Waals surface area (Å²) in [6, 6.07) is 17.5. The highest BCUT2D eigenvalue weighted by atomic mass is 16.6. The standard InChI is InChI=1S/C28H38N2O5/c1-28(2,3)35-27(34)30-17-16-21(15-14-20-10-6-4-7-11-20)18-24(30)26(33)29-23(19-31)25(32)22-12-8-5-9-13-22/h4-13,21,23-25,31-32H,14-19H2,1-3H3,(H,29,33)/t21?,23-,24?,25-/m1/s1. The van der Waals surface area contributed by atoms with Crippen LogP contribution in [0, 0.1) is 5.92 Å². The third-order valence-electron chi connectivity index (χ3n) is 6.37. The monoisotopic (exact) mass is 482 g/mol. The maximum absolute atomic E-state index is 13.4. The fraction of sp³-hybridized carbons (Fsp3) is 0.500. The number of carbonyl (C=O) groups excluding carboxylic acids is 2. The van der Waals surface area contributed by atoms with Gasteiger partial charge in [-0.05, 0) is 63.5 Å². The van der Waals surface area contributed by atoms with Crippen molar-refractivity contribution in [1.29, 1.82) is 0 Å². The summed E-state index contributed by atoms with van der Waals surface area (Å²) in [6.07, 6.45) is 1.49. The fourth-order valence-electron chi connectivity index (χ4n) is 4.49. The molecule has 2 aromatic rings. The molecule has 0 saturated carbocycles. The number of aliphatic hydroxyl groups is 2. The van der Waals surface area contributed by atoms with Crippen LogP contribution in [0.3, 0.4) is 0 Å². The number of aliphatic hydroxyl groups excluding tert-OH is 2. The molecule has 1 aliphatic rings. The summed E-state index contributed by atoms with van der Waals surface area (Å²) in [5, 5.41) is 23.4. The minimum Gasteiger partial charge on any atom is -0.444 e. The second kappa shape index (κ2) is 12.2. The molecule has 190 valence electrons. The predicted molar refractivity (Wildman–Crippen MR) is 135 cm³/mol. The predicted octanol–water partition coefficient (Wildman–Crippen LogP) is 3.85. The second-order valence-electron chi connectivity index (χ2n) is 10.3. The van der Waals surface area contributed by atoms with Crippen LogP contribution >= 0.6 is 0 Å². The van der Waals surface area contributed by atoms with E-state index in [2.05, 4.69) is 17.4 Å². The molecule has 7 nitrogen and oxygen atoms in total. The Morgan fingerprint density at radius 1 is 1.09 bits per heavy atom. The van der Waals surface area contributed by atoms with E-state index in [0.29, 0.717) is 18.5 Å². The molecule has 1 fully saturated rings. The van der Waals surface area contributed by atoms with Crippen LogP contribution in [0.2, 0.25) is 0 Å². The van der Waals surface area contributed by atoms with Crippen molar-refractivity contribution in [2.24, 2.45) is 5.92 Å². The second-order valence-corrected chi connectivity index (χ2v) is 10.3. The molecule has 4 atom stereocenters. The quantitative estimate of drug-likeness (QED) is 0.531. The topological polar surface area (TPSA) is 99.1 Å². The summed E-state index contributed by atoms with van der Waals surface area (Å²) in [5.74, 6) is -0.134. The van der Waals surface area contributed by atoms with Gasteiger partial charge in [-0.25, -0.2) is 4.79 Å². The average Bonchev–Trinajstić information content (AvgIpc) is 2.85. The highest BCUT2D eigenvalue weighted by Crippen LogP contribution is 2.29. The Kier molecular flexibility index (Phi) is 9.29. The normalized spacial score (nSPS) is 20.1. The van der Waals surface area contributed by atoms with Gasteiger partial charge in [0.25, 0.3) is 0 Å². The first-order chi connectivity index (χ1) is 16.7. The van der Waals surface area contributed by atoms with Crippen molar-refractivity contribution >= 4 is 12.0 Å². The first-order valence-electron chi connectivity index (χ1n) is 12.4. The van der Waals surface area contributed by atoms with Gasteiger partial charge in [0.1, 0.15) is 17.7 Å². The SMILES string of the molecule is CC(C)(C)OC(=O)N1CCC(CCc2ccccc2)CC1C(=O)N[C@H](CO)[C@H](O)c1ccccc1. The Balaban J connectivity index is 1.73. The zero-order valence-corrected chi connectivity index (χ0v) is 20.9. The Labute approximate surface area is 208 Å². The minimum atomic E-state index is -1.07.